The van der Waals surface area contributed by atoms with Crippen LogP contribution in [0.25, 0.3) is 11.0 Å². The number of carbonyl (C=O) groups is 2. The summed E-state index contributed by atoms with van der Waals surface area (Å²) in [5, 5.41) is 0.831. The molecule has 0 saturated carbocycles. The minimum atomic E-state index is -0.630. The van der Waals surface area contributed by atoms with Crippen LogP contribution in [0.4, 0.5) is 4.39 Å². The summed E-state index contributed by atoms with van der Waals surface area (Å²) >= 11 is 0. The molecule has 24 heavy (non-hydrogen) atoms. The molecule has 3 rings (SSSR count). The van der Waals surface area contributed by atoms with Crippen LogP contribution in [0.15, 0.2) is 53.1 Å². The number of carbonyl (C=O) groups excluding carboxylic acids is 2. The maximum Gasteiger partial charge on any atom is 0.310 e. The second-order valence-electron chi connectivity index (χ2n) is 5.50. The molecule has 2 aromatic carbocycles. The highest BCUT2D eigenvalue weighted by Gasteiger charge is 2.15. The monoisotopic (exact) mass is 326 g/mol. The highest BCUT2D eigenvalue weighted by molar-refractivity contribution is 5.98. The van der Waals surface area contributed by atoms with Crippen molar-refractivity contribution < 1.29 is 23.1 Å². The molecule has 0 amide bonds. The van der Waals surface area contributed by atoms with Gasteiger partial charge in [-0.1, -0.05) is 24.3 Å². The van der Waals surface area contributed by atoms with Crippen LogP contribution in [-0.2, 0) is 16.0 Å². The molecular formula is C19H15FO4. The Hall–Kier alpha value is -2.95. The summed E-state index contributed by atoms with van der Waals surface area (Å²) in [6.45, 7) is 1.46. The van der Waals surface area contributed by atoms with E-state index in [0.717, 1.165) is 10.9 Å². The number of halogens is 1. The zero-order valence-electron chi connectivity index (χ0n) is 13.0. The number of aryl methyl sites for hydroxylation is 1. The third-order valence-corrected chi connectivity index (χ3v) is 3.68. The fourth-order valence-electron chi connectivity index (χ4n) is 2.45. The number of hydrogen-bond acceptors (Lipinski definition) is 4. The lowest BCUT2D eigenvalue weighted by Crippen LogP contribution is -2.16. The standard InChI is InChI=1S/C19H15FO4/c1-12-6-7-14-13(10-23-18(14)8-12)9-19(22)24-11-17(21)15-4-2-3-5-16(15)20/h2-8,10H,9,11H2,1H3. The van der Waals surface area contributed by atoms with E-state index in [-0.39, 0.29) is 12.0 Å². The molecule has 0 saturated heterocycles. The summed E-state index contributed by atoms with van der Waals surface area (Å²) in [5.74, 6) is -1.77. The molecule has 0 aliphatic rings. The van der Waals surface area contributed by atoms with Crippen LogP contribution >= 0.6 is 0 Å². The molecule has 0 aliphatic carbocycles. The van der Waals surface area contributed by atoms with Gasteiger partial charge in [0.05, 0.1) is 18.2 Å². The maximum atomic E-state index is 13.5. The number of rotatable bonds is 5. The molecule has 122 valence electrons. The number of furan rings is 1. The van der Waals surface area contributed by atoms with Crippen molar-refractivity contribution in [3.05, 3.63) is 71.2 Å². The summed E-state index contributed by atoms with van der Waals surface area (Å²) in [5.41, 5.74) is 2.35. The topological polar surface area (TPSA) is 56.5 Å². The van der Waals surface area contributed by atoms with Crippen LogP contribution in [0, 0.1) is 12.7 Å². The smallest absolute Gasteiger partial charge is 0.310 e. The SMILES string of the molecule is Cc1ccc2c(CC(=O)OCC(=O)c3ccccc3F)coc2c1. The van der Waals surface area contributed by atoms with Crippen molar-refractivity contribution in [3.8, 4) is 0 Å². The van der Waals surface area contributed by atoms with Gasteiger partial charge in [-0.25, -0.2) is 4.39 Å². The molecule has 0 N–H and O–H groups in total. The lowest BCUT2D eigenvalue weighted by Gasteiger charge is -2.04. The van der Waals surface area contributed by atoms with Crippen LogP contribution in [0.2, 0.25) is 0 Å². The van der Waals surface area contributed by atoms with Gasteiger partial charge in [-0.05, 0) is 30.7 Å². The van der Waals surface area contributed by atoms with E-state index in [4.69, 9.17) is 9.15 Å². The predicted molar refractivity (Wildman–Crippen MR) is 86.3 cm³/mol. The lowest BCUT2D eigenvalue weighted by molar-refractivity contribution is -0.141. The van der Waals surface area contributed by atoms with Crippen LogP contribution < -0.4 is 0 Å². The van der Waals surface area contributed by atoms with E-state index in [1.807, 2.05) is 25.1 Å². The van der Waals surface area contributed by atoms with Gasteiger partial charge in [0.25, 0.3) is 0 Å². The summed E-state index contributed by atoms with van der Waals surface area (Å²) in [6, 6.07) is 11.3. The second-order valence-corrected chi connectivity index (χ2v) is 5.50. The average Bonchev–Trinajstić information content (AvgIpc) is 2.95. The zero-order valence-corrected chi connectivity index (χ0v) is 13.0. The zero-order chi connectivity index (χ0) is 17.1. The third kappa shape index (κ3) is 3.35. The van der Waals surface area contributed by atoms with Gasteiger partial charge >= 0.3 is 5.97 Å². The van der Waals surface area contributed by atoms with Gasteiger partial charge in [0.1, 0.15) is 11.4 Å². The number of ketones is 1. The van der Waals surface area contributed by atoms with Gasteiger partial charge in [0.2, 0.25) is 5.78 Å². The van der Waals surface area contributed by atoms with Gasteiger partial charge in [-0.15, -0.1) is 0 Å². The quantitative estimate of drug-likeness (QED) is 0.528. The van der Waals surface area contributed by atoms with Gasteiger partial charge in [0, 0.05) is 10.9 Å². The molecule has 0 bridgehead atoms. The first kappa shape index (κ1) is 15.9. The highest BCUT2D eigenvalue weighted by Crippen LogP contribution is 2.23. The molecule has 0 aliphatic heterocycles. The van der Waals surface area contributed by atoms with E-state index >= 15 is 0 Å². The minimum absolute atomic E-state index is 0.0133. The van der Waals surface area contributed by atoms with E-state index in [9.17, 15) is 14.0 Å². The van der Waals surface area contributed by atoms with E-state index in [1.54, 1.807) is 6.07 Å². The maximum absolute atomic E-state index is 13.5. The first-order valence-corrected chi connectivity index (χ1v) is 7.44. The van der Waals surface area contributed by atoms with Gasteiger partial charge in [-0.2, -0.15) is 0 Å². The Morgan fingerprint density at radius 3 is 2.75 bits per heavy atom. The van der Waals surface area contributed by atoms with Crippen molar-refractivity contribution in [2.75, 3.05) is 6.61 Å². The fourth-order valence-corrected chi connectivity index (χ4v) is 2.45. The minimum Gasteiger partial charge on any atom is -0.464 e. The fraction of sp³-hybridized carbons (Fsp3) is 0.158. The Labute approximate surface area is 137 Å². The van der Waals surface area contributed by atoms with Crippen LogP contribution in [-0.4, -0.2) is 18.4 Å². The summed E-state index contributed by atoms with van der Waals surface area (Å²) in [7, 11) is 0. The van der Waals surface area contributed by atoms with Crippen molar-refractivity contribution >= 4 is 22.7 Å². The average molecular weight is 326 g/mol. The summed E-state index contributed by atoms with van der Waals surface area (Å²) < 4.78 is 23.9. The number of hydrogen-bond donors (Lipinski definition) is 0. The molecule has 3 aromatic rings. The molecular weight excluding hydrogens is 311 g/mol. The first-order valence-electron chi connectivity index (χ1n) is 7.44. The number of fused-ring (bicyclic) bond motifs is 1. The van der Waals surface area contributed by atoms with E-state index in [0.29, 0.717) is 11.1 Å². The Kier molecular flexibility index (Phi) is 4.42. The Balaban J connectivity index is 1.63. The van der Waals surface area contributed by atoms with Gasteiger partial charge in [0.15, 0.2) is 6.61 Å². The van der Waals surface area contributed by atoms with Crippen LogP contribution in [0.3, 0.4) is 0 Å². The van der Waals surface area contributed by atoms with E-state index in [1.165, 1.54) is 24.5 Å². The molecule has 4 nitrogen and oxygen atoms in total. The number of ether oxygens (including phenoxy) is 1. The van der Waals surface area contributed by atoms with Gasteiger partial charge in [-0.3, -0.25) is 9.59 Å². The van der Waals surface area contributed by atoms with Crippen molar-refractivity contribution in [3.63, 3.8) is 0 Å². The number of benzene rings is 2. The molecule has 0 atom stereocenters. The second kappa shape index (κ2) is 6.66. The Morgan fingerprint density at radius 2 is 1.96 bits per heavy atom. The van der Waals surface area contributed by atoms with E-state index < -0.39 is 24.2 Å². The number of esters is 1. The van der Waals surface area contributed by atoms with Crippen molar-refractivity contribution in [2.24, 2.45) is 0 Å². The van der Waals surface area contributed by atoms with E-state index in [2.05, 4.69) is 0 Å². The molecule has 0 fully saturated rings. The molecule has 0 spiro atoms. The van der Waals surface area contributed by atoms with Crippen LogP contribution in [0.1, 0.15) is 21.5 Å². The highest BCUT2D eigenvalue weighted by atomic mass is 19.1. The lowest BCUT2D eigenvalue weighted by atomic mass is 10.1. The molecule has 0 radical (unpaired) electrons. The normalized spacial score (nSPS) is 10.8. The molecule has 0 unspecified atom stereocenters. The molecule has 1 aromatic heterocycles. The molecule has 5 heteroatoms. The van der Waals surface area contributed by atoms with Crippen LogP contribution in [0.5, 0.6) is 0 Å². The first-order chi connectivity index (χ1) is 11.5. The third-order valence-electron chi connectivity index (χ3n) is 3.68. The molecule has 1 heterocycles. The van der Waals surface area contributed by atoms with Crippen molar-refractivity contribution in [1.29, 1.82) is 0 Å². The summed E-state index contributed by atoms with van der Waals surface area (Å²) in [6.07, 6.45) is 1.49. The Bertz CT molecular complexity index is 911. The number of Topliss-reactive ketones (excluding diaryl/α,β-unsaturated/α-hetero) is 1. The predicted octanol–water partition coefficient (Wildman–Crippen LogP) is 3.85. The summed E-state index contributed by atoms with van der Waals surface area (Å²) in [4.78, 5) is 23.8. The van der Waals surface area contributed by atoms with Crippen molar-refractivity contribution in [1.82, 2.24) is 0 Å². The Morgan fingerprint density at radius 1 is 1.17 bits per heavy atom. The van der Waals surface area contributed by atoms with Crippen molar-refractivity contribution in [2.45, 2.75) is 13.3 Å². The van der Waals surface area contributed by atoms with Gasteiger partial charge < -0.3 is 9.15 Å². The largest absolute Gasteiger partial charge is 0.464 e.